The second-order valence-corrected chi connectivity index (χ2v) is 12.6. The predicted molar refractivity (Wildman–Crippen MR) is 166 cm³/mol. The van der Waals surface area contributed by atoms with Crippen LogP contribution in [0.1, 0.15) is 0 Å². The maximum Gasteiger partial charge on any atom is 0.196 e. The van der Waals surface area contributed by atoms with E-state index in [0.717, 1.165) is 71.8 Å². The first kappa shape index (κ1) is 21.7. The molecule has 0 spiro atoms. The smallest absolute Gasteiger partial charge is 0.196 e. The second-order valence-electron chi connectivity index (χ2n) is 9.25. The van der Waals surface area contributed by atoms with Gasteiger partial charge in [-0.2, -0.15) is 0 Å². The molecule has 0 unspecified atom stereocenters. The van der Waals surface area contributed by atoms with Gasteiger partial charge in [-0.25, -0.2) is 0 Å². The van der Waals surface area contributed by atoms with E-state index < -0.39 is 0 Å². The molecule has 0 saturated carbocycles. The molecule has 8 aromatic rings. The molecule has 0 N–H and O–H groups in total. The molecule has 0 bridgehead atoms. The summed E-state index contributed by atoms with van der Waals surface area (Å²) in [6.07, 6.45) is 0. The third-order valence-electron chi connectivity index (χ3n) is 7.54. The Balaban J connectivity index is 1.81. The van der Waals surface area contributed by atoms with E-state index in [9.17, 15) is 9.59 Å². The lowest BCUT2D eigenvalue weighted by Crippen LogP contribution is -2.07. The largest absolute Gasteiger partial charge is 0.289 e. The molecule has 6 heteroatoms. The first-order valence-corrected chi connectivity index (χ1v) is 14.4. The molecule has 0 aliphatic carbocycles. The first-order chi connectivity index (χ1) is 17.4. The SMILES string of the molecule is O=c1c2ccccc2c2cc3cc(Br)c4c(=O)c5c(Br)c(Br)ccc5c5cc6cc(Br)c1c2c6c3c45. The van der Waals surface area contributed by atoms with E-state index in [2.05, 4.69) is 75.9 Å². The van der Waals surface area contributed by atoms with E-state index >= 15 is 0 Å². The minimum atomic E-state index is -0.0226. The molecular formula is C30H10Br4O2. The van der Waals surface area contributed by atoms with Crippen LogP contribution in [0.4, 0.5) is 0 Å². The van der Waals surface area contributed by atoms with Crippen molar-refractivity contribution in [1.29, 1.82) is 0 Å². The summed E-state index contributed by atoms with van der Waals surface area (Å²) in [5.41, 5.74) is -0.00235. The standard InChI is InChI=1S/C30H10Br4O2/c31-18-6-5-14-17-8-12-9-19(32)26-23-16(13-3-1-2-4-15(13)29(26)35)7-11-10-20(33)27(24(17)22(11)21(12)23)30(36)25(14)28(18)34/h1-10H. The molecule has 0 atom stereocenters. The van der Waals surface area contributed by atoms with Gasteiger partial charge in [0.15, 0.2) is 10.9 Å². The number of benzene rings is 8. The summed E-state index contributed by atoms with van der Waals surface area (Å²) in [5.74, 6) is 0. The van der Waals surface area contributed by atoms with Crippen LogP contribution in [0.5, 0.6) is 0 Å². The zero-order valence-corrected chi connectivity index (χ0v) is 24.4. The van der Waals surface area contributed by atoms with Gasteiger partial charge < -0.3 is 0 Å². The molecule has 8 rings (SSSR count). The van der Waals surface area contributed by atoms with Gasteiger partial charge in [0.2, 0.25) is 0 Å². The lowest BCUT2D eigenvalue weighted by atomic mass is 9.84. The van der Waals surface area contributed by atoms with Gasteiger partial charge in [0, 0.05) is 50.2 Å². The van der Waals surface area contributed by atoms with Crippen molar-refractivity contribution >= 4 is 139 Å². The van der Waals surface area contributed by atoms with E-state index in [0.29, 0.717) is 21.5 Å². The van der Waals surface area contributed by atoms with Crippen LogP contribution >= 0.6 is 63.7 Å². The minimum Gasteiger partial charge on any atom is -0.289 e. The van der Waals surface area contributed by atoms with Gasteiger partial charge in [0.1, 0.15) is 0 Å². The maximum absolute atomic E-state index is 13.9. The first-order valence-electron chi connectivity index (χ1n) is 11.2. The van der Waals surface area contributed by atoms with Gasteiger partial charge in [0.05, 0.1) is 0 Å². The zero-order valence-electron chi connectivity index (χ0n) is 18.1. The Morgan fingerprint density at radius 3 is 1.61 bits per heavy atom. The Bertz CT molecular complexity index is 2400. The summed E-state index contributed by atoms with van der Waals surface area (Å²) in [6, 6.07) is 20.2. The molecule has 0 radical (unpaired) electrons. The average molecular weight is 722 g/mol. The molecule has 0 aliphatic heterocycles. The van der Waals surface area contributed by atoms with Gasteiger partial charge in [-0.1, -0.05) is 30.3 Å². The molecule has 2 nitrogen and oxygen atoms in total. The van der Waals surface area contributed by atoms with Gasteiger partial charge >= 0.3 is 0 Å². The summed E-state index contributed by atoms with van der Waals surface area (Å²) >= 11 is 14.7. The topological polar surface area (TPSA) is 34.1 Å². The predicted octanol–water partition coefficient (Wildman–Crippen LogP) is 9.84. The molecule has 0 amide bonds. The van der Waals surface area contributed by atoms with E-state index in [-0.39, 0.29) is 10.9 Å². The summed E-state index contributed by atoms with van der Waals surface area (Å²) in [4.78, 5) is 27.6. The van der Waals surface area contributed by atoms with E-state index in [1.54, 1.807) is 0 Å². The molecule has 8 aromatic carbocycles. The Morgan fingerprint density at radius 1 is 0.417 bits per heavy atom. The third-order valence-corrected chi connectivity index (χ3v) is 10.8. The Hall–Kier alpha value is -2.38. The van der Waals surface area contributed by atoms with Crippen molar-refractivity contribution in [2.45, 2.75) is 0 Å². The molecule has 0 aliphatic rings. The monoisotopic (exact) mass is 718 g/mol. The molecule has 0 aromatic heterocycles. The lowest BCUT2D eigenvalue weighted by molar-refractivity contribution is 1.64. The fourth-order valence-electron chi connectivity index (χ4n) is 6.14. The van der Waals surface area contributed by atoms with Crippen LogP contribution < -0.4 is 10.9 Å². The van der Waals surface area contributed by atoms with Crippen LogP contribution in [-0.4, -0.2) is 0 Å². The summed E-state index contributed by atoms with van der Waals surface area (Å²) in [7, 11) is 0. The summed E-state index contributed by atoms with van der Waals surface area (Å²) in [6.45, 7) is 0. The number of hydrogen-bond acceptors (Lipinski definition) is 2. The molecular weight excluding hydrogens is 712 g/mol. The van der Waals surface area contributed by atoms with Crippen LogP contribution in [0.3, 0.4) is 0 Å². The van der Waals surface area contributed by atoms with Crippen molar-refractivity contribution in [3.8, 4) is 0 Å². The highest BCUT2D eigenvalue weighted by Gasteiger charge is 2.24. The van der Waals surface area contributed by atoms with Gasteiger partial charge in [0.25, 0.3) is 0 Å². The van der Waals surface area contributed by atoms with E-state index in [4.69, 9.17) is 0 Å². The van der Waals surface area contributed by atoms with Crippen molar-refractivity contribution in [2.24, 2.45) is 0 Å². The highest BCUT2D eigenvalue weighted by Crippen LogP contribution is 2.48. The average Bonchev–Trinajstić information content (AvgIpc) is 2.86. The van der Waals surface area contributed by atoms with Crippen molar-refractivity contribution < 1.29 is 0 Å². The Morgan fingerprint density at radius 2 is 0.972 bits per heavy atom. The fourth-order valence-corrected chi connectivity index (χ4v) is 8.25. The van der Waals surface area contributed by atoms with Gasteiger partial charge in [-0.05, 0) is 137 Å². The molecule has 0 fully saturated rings. The quantitative estimate of drug-likeness (QED) is 0.115. The third kappa shape index (κ3) is 2.47. The van der Waals surface area contributed by atoms with Crippen LogP contribution in [-0.2, 0) is 0 Å². The maximum atomic E-state index is 13.9. The number of fused-ring (bicyclic) bond motifs is 4. The fraction of sp³-hybridized carbons (Fsp3) is 0. The van der Waals surface area contributed by atoms with Crippen molar-refractivity contribution in [3.05, 3.63) is 99.0 Å². The van der Waals surface area contributed by atoms with Crippen LogP contribution in [0.25, 0.3) is 75.4 Å². The van der Waals surface area contributed by atoms with Gasteiger partial charge in [-0.3, -0.25) is 9.59 Å². The van der Waals surface area contributed by atoms with Crippen molar-refractivity contribution in [1.82, 2.24) is 0 Å². The number of halogens is 4. The molecule has 0 heterocycles. The summed E-state index contributed by atoms with van der Waals surface area (Å²) < 4.78 is 3.14. The lowest BCUT2D eigenvalue weighted by Gasteiger charge is -2.20. The van der Waals surface area contributed by atoms with E-state index in [1.807, 2.05) is 48.5 Å². The number of rotatable bonds is 0. The van der Waals surface area contributed by atoms with Crippen molar-refractivity contribution in [3.63, 3.8) is 0 Å². The molecule has 0 saturated heterocycles. The van der Waals surface area contributed by atoms with Crippen molar-refractivity contribution in [2.75, 3.05) is 0 Å². The molecule has 36 heavy (non-hydrogen) atoms. The highest BCUT2D eigenvalue weighted by molar-refractivity contribution is 9.13. The summed E-state index contributed by atoms with van der Waals surface area (Å²) in [5, 5.41) is 12.6. The van der Waals surface area contributed by atoms with Crippen LogP contribution in [0.2, 0.25) is 0 Å². The normalized spacial score (nSPS) is 12.7. The number of hydrogen-bond donors (Lipinski definition) is 0. The van der Waals surface area contributed by atoms with Crippen LogP contribution in [0, 0.1) is 0 Å². The highest BCUT2D eigenvalue weighted by atomic mass is 79.9. The minimum absolute atomic E-state index is 0.0202. The Labute approximate surface area is 236 Å². The Kier molecular flexibility index (Phi) is 4.30. The van der Waals surface area contributed by atoms with E-state index in [1.165, 1.54) is 0 Å². The molecule has 170 valence electrons. The van der Waals surface area contributed by atoms with Gasteiger partial charge in [-0.15, -0.1) is 0 Å². The van der Waals surface area contributed by atoms with Crippen LogP contribution in [0.15, 0.2) is 88.1 Å². The second kappa shape index (κ2) is 7.13. The zero-order chi connectivity index (χ0) is 24.6.